The van der Waals surface area contributed by atoms with Crippen molar-refractivity contribution in [3.8, 4) is 0 Å². The predicted octanol–water partition coefficient (Wildman–Crippen LogP) is 4.95. The van der Waals surface area contributed by atoms with Crippen LogP contribution >= 0.6 is 8.09 Å². The van der Waals surface area contributed by atoms with E-state index < -0.39 is 8.09 Å². The van der Waals surface area contributed by atoms with E-state index in [9.17, 15) is 0 Å². The first kappa shape index (κ1) is 22.7. The zero-order chi connectivity index (χ0) is 20.6. The molecule has 2 heterocycles. The Kier molecular flexibility index (Phi) is 8.35. The smallest absolute Gasteiger partial charge is 0.0701 e. The Labute approximate surface area is 169 Å². The summed E-state index contributed by atoms with van der Waals surface area (Å²) in [7, 11) is 6.49. The monoisotopic (exact) mass is 408 g/mol. The van der Waals surface area contributed by atoms with Crippen molar-refractivity contribution in [2.24, 2.45) is 0 Å². The Morgan fingerprint density at radius 1 is 1.07 bits per heavy atom. The van der Waals surface area contributed by atoms with Crippen LogP contribution in [0.4, 0.5) is 0 Å². The molecule has 0 N–H and O–H groups in total. The molecule has 7 heteroatoms. The van der Waals surface area contributed by atoms with Crippen LogP contribution in [-0.2, 0) is 13.6 Å². The van der Waals surface area contributed by atoms with E-state index in [2.05, 4.69) is 55.4 Å². The molecule has 0 saturated heterocycles. The topological polar surface area (TPSA) is 43.8 Å². The molecule has 0 fully saturated rings. The molecule has 0 bridgehead atoms. The number of benzene rings is 1. The first-order valence-corrected chi connectivity index (χ1v) is 11.4. The van der Waals surface area contributed by atoms with Gasteiger partial charge in [0.2, 0.25) is 0 Å². The van der Waals surface area contributed by atoms with Crippen LogP contribution in [0.2, 0.25) is 0 Å². The Balaban J connectivity index is 0.000000233. The van der Waals surface area contributed by atoms with E-state index in [0.717, 1.165) is 11.9 Å². The molecule has 1 aromatic heterocycles. The van der Waals surface area contributed by atoms with Crippen LogP contribution in [0.25, 0.3) is 10.9 Å². The van der Waals surface area contributed by atoms with Crippen molar-refractivity contribution in [3.63, 3.8) is 0 Å². The van der Waals surface area contributed by atoms with Crippen molar-refractivity contribution in [2.45, 2.75) is 32.4 Å². The Bertz CT molecular complexity index is 696. The second-order valence-corrected chi connectivity index (χ2v) is 10.3. The van der Waals surface area contributed by atoms with Crippen LogP contribution in [0.5, 0.6) is 0 Å². The first-order chi connectivity index (χ1) is 13.5. The molecule has 0 saturated carbocycles. The summed E-state index contributed by atoms with van der Waals surface area (Å²) in [6.07, 6.45) is 9.82. The average Bonchev–Trinajstić information content (AvgIpc) is 3.03. The van der Waals surface area contributed by atoms with Gasteiger partial charge in [-0.25, -0.2) is 0 Å². The number of para-hydroxylation sites is 1. The Morgan fingerprint density at radius 2 is 1.71 bits per heavy atom. The van der Waals surface area contributed by atoms with Gasteiger partial charge >= 0.3 is 111 Å². The minimum absolute atomic E-state index is 0.316. The van der Waals surface area contributed by atoms with Gasteiger partial charge in [0, 0.05) is 11.6 Å². The van der Waals surface area contributed by atoms with E-state index in [-0.39, 0.29) is 0 Å². The maximum absolute atomic E-state index is 5.67. The summed E-state index contributed by atoms with van der Waals surface area (Å²) in [6.45, 7) is 2.21. The molecule has 2 atom stereocenters. The number of quaternary nitrogens is 1. The number of nitrogens with zero attached hydrogens (tertiary/aromatic N) is 3. The van der Waals surface area contributed by atoms with Crippen molar-refractivity contribution in [1.29, 1.82) is 0 Å². The Hall–Kier alpha value is -1.56. The van der Waals surface area contributed by atoms with Gasteiger partial charge < -0.3 is 0 Å². The molecular formula is C21H35N3O3P+. The van der Waals surface area contributed by atoms with Crippen LogP contribution in [0.1, 0.15) is 26.2 Å². The van der Waals surface area contributed by atoms with Crippen LogP contribution in [-0.4, -0.2) is 55.7 Å². The molecule has 1 aliphatic rings. The van der Waals surface area contributed by atoms with Gasteiger partial charge in [-0.3, -0.25) is 4.98 Å². The third-order valence-electron chi connectivity index (χ3n) is 5.39. The molecular weight excluding hydrogens is 373 g/mol. The molecule has 6 nitrogen and oxygen atoms in total. The van der Waals surface area contributed by atoms with E-state index in [1.54, 1.807) is 21.3 Å². The van der Waals surface area contributed by atoms with Gasteiger partial charge in [0.15, 0.2) is 0 Å². The molecule has 2 unspecified atom stereocenters. The quantitative estimate of drug-likeness (QED) is 0.607. The zero-order valence-electron chi connectivity index (χ0n) is 18.0. The van der Waals surface area contributed by atoms with Gasteiger partial charge in [-0.05, 0) is 12.1 Å². The van der Waals surface area contributed by atoms with E-state index in [4.69, 9.17) is 13.6 Å². The summed E-state index contributed by atoms with van der Waals surface area (Å²) in [4.78, 5) is 6.41. The van der Waals surface area contributed by atoms with Crippen molar-refractivity contribution in [3.05, 3.63) is 55.0 Å². The molecule has 1 aromatic carbocycles. The maximum atomic E-state index is 5.67. The molecule has 0 aliphatic carbocycles. The number of fused-ring (bicyclic) bond motifs is 1. The maximum Gasteiger partial charge on any atom is 0.0701 e. The molecule has 0 radical (unpaired) electrons. The fraction of sp³-hybridized carbons (Fsp3) is 0.476. The Morgan fingerprint density at radius 3 is 2.32 bits per heavy atom. The summed E-state index contributed by atoms with van der Waals surface area (Å²) >= 11 is 0. The summed E-state index contributed by atoms with van der Waals surface area (Å²) in [5.41, 5.74) is 1.06. The number of rotatable bonds is 7. The van der Waals surface area contributed by atoms with E-state index in [1.165, 1.54) is 18.2 Å². The molecule has 156 valence electrons. The van der Waals surface area contributed by atoms with E-state index in [1.807, 2.05) is 30.5 Å². The molecule has 0 amide bonds. The van der Waals surface area contributed by atoms with Crippen molar-refractivity contribution in [1.82, 2.24) is 9.88 Å². The van der Waals surface area contributed by atoms with Gasteiger partial charge in [-0.15, -0.1) is 0 Å². The molecule has 0 spiro atoms. The summed E-state index contributed by atoms with van der Waals surface area (Å²) in [5, 5.41) is 1.20. The fourth-order valence-corrected chi connectivity index (χ4v) is 6.41. The summed E-state index contributed by atoms with van der Waals surface area (Å²) < 4.78 is 17.6. The molecule has 2 aromatic rings. The van der Waals surface area contributed by atoms with Gasteiger partial charge in [0.25, 0.3) is 0 Å². The van der Waals surface area contributed by atoms with Crippen LogP contribution in [0.3, 0.4) is 0 Å². The van der Waals surface area contributed by atoms with Gasteiger partial charge in [0.1, 0.15) is 0 Å². The summed E-state index contributed by atoms with van der Waals surface area (Å²) in [5.74, 6) is 0. The van der Waals surface area contributed by atoms with Gasteiger partial charge in [-0.2, -0.15) is 0 Å². The van der Waals surface area contributed by atoms with Crippen molar-refractivity contribution < 1.29 is 17.8 Å². The number of hydrogen-bond acceptors (Lipinski definition) is 5. The van der Waals surface area contributed by atoms with Crippen LogP contribution in [0, 0.1) is 0 Å². The second-order valence-electron chi connectivity index (χ2n) is 7.07. The number of pyridine rings is 1. The third-order valence-corrected chi connectivity index (χ3v) is 8.57. The number of unbranched alkanes of at least 4 members (excludes halogenated alkanes) is 1. The summed E-state index contributed by atoms with van der Waals surface area (Å²) in [6, 6.07) is 12.1. The minimum Gasteiger partial charge on any atom is -0.256 e. The molecule has 3 rings (SSSR count). The van der Waals surface area contributed by atoms with Crippen LogP contribution < -0.4 is 0 Å². The fourth-order valence-electron chi connectivity index (χ4n) is 3.81. The normalized spacial score (nSPS) is 22.2. The van der Waals surface area contributed by atoms with Crippen molar-refractivity contribution >= 4 is 19.0 Å². The number of aromatic nitrogens is 1. The predicted molar refractivity (Wildman–Crippen MR) is 117 cm³/mol. The largest absolute Gasteiger partial charge is 0.256 e. The van der Waals surface area contributed by atoms with Crippen molar-refractivity contribution in [2.75, 3.05) is 35.4 Å². The molecule has 28 heavy (non-hydrogen) atoms. The first-order valence-electron chi connectivity index (χ1n) is 9.70. The van der Waals surface area contributed by atoms with Crippen LogP contribution in [0.15, 0.2) is 55.0 Å². The molecule has 1 aliphatic heterocycles. The third kappa shape index (κ3) is 4.53. The zero-order valence-corrected chi connectivity index (χ0v) is 19.0. The van der Waals surface area contributed by atoms with E-state index >= 15 is 0 Å². The second kappa shape index (κ2) is 10.3. The van der Waals surface area contributed by atoms with Gasteiger partial charge in [0.05, 0.1) is 5.52 Å². The number of hydrogen-bond donors (Lipinski definition) is 0. The standard InChI is InChI=1S/C12H28N2O3P.C9H7N/c1-7-8-9-12-13(2)10-11-14(12,3)18(15-4,16-5)17-6;1-2-6-9-8(4-1)5-3-7-10-9/h10-12,18H,7-9H2,1-6H3;1-7H/q+1;. The SMILES string of the molecule is CCCCC1N(C)C=C[N+]1(C)[PH](OC)(OC)OC.c1ccc2ncccc2c1. The minimum atomic E-state index is -2.75. The van der Waals surface area contributed by atoms with Gasteiger partial charge in [-0.1, -0.05) is 24.3 Å². The van der Waals surface area contributed by atoms with E-state index in [0.29, 0.717) is 10.4 Å². The average molecular weight is 409 g/mol.